The van der Waals surface area contributed by atoms with Crippen LogP contribution in [0.4, 0.5) is 0 Å². The standard InChI is InChI=1S/C17H23ClN4OS/c1-4-14(5-2)19-15(23)11-24-17-21-20-16(22(17)6-3)12-8-7-9-13(18)10-12/h7-10,14H,4-6,11H2,1-3H3,(H,19,23). The molecule has 1 heterocycles. The van der Waals surface area contributed by atoms with Gasteiger partial charge in [-0.3, -0.25) is 4.79 Å². The summed E-state index contributed by atoms with van der Waals surface area (Å²) in [4.78, 5) is 12.1. The molecule has 1 N–H and O–H groups in total. The van der Waals surface area contributed by atoms with Crippen LogP contribution < -0.4 is 5.32 Å². The number of thioether (sulfide) groups is 1. The van der Waals surface area contributed by atoms with Crippen LogP contribution in [-0.4, -0.2) is 32.5 Å². The van der Waals surface area contributed by atoms with E-state index in [1.165, 1.54) is 11.8 Å². The third-order valence-corrected chi connectivity index (χ3v) is 5.00. The Morgan fingerprint density at radius 2 is 2.04 bits per heavy atom. The molecule has 2 rings (SSSR count). The maximum Gasteiger partial charge on any atom is 0.230 e. The van der Waals surface area contributed by atoms with Gasteiger partial charge in [0.15, 0.2) is 11.0 Å². The predicted octanol–water partition coefficient (Wildman–Crippen LogP) is 4.02. The van der Waals surface area contributed by atoms with Crippen LogP contribution in [-0.2, 0) is 11.3 Å². The first-order valence-electron chi connectivity index (χ1n) is 8.20. The normalized spacial score (nSPS) is 11.0. The number of nitrogens with zero attached hydrogens (tertiary/aromatic N) is 3. The van der Waals surface area contributed by atoms with Crippen LogP contribution in [0.3, 0.4) is 0 Å². The Morgan fingerprint density at radius 1 is 1.29 bits per heavy atom. The molecule has 0 spiro atoms. The van der Waals surface area contributed by atoms with E-state index in [9.17, 15) is 4.79 Å². The molecule has 0 aliphatic carbocycles. The molecule has 0 saturated carbocycles. The van der Waals surface area contributed by atoms with E-state index in [-0.39, 0.29) is 11.9 Å². The topological polar surface area (TPSA) is 59.8 Å². The number of rotatable bonds is 8. The molecule has 0 bridgehead atoms. The number of carbonyl (C=O) groups excluding carboxylic acids is 1. The first-order valence-corrected chi connectivity index (χ1v) is 9.56. The van der Waals surface area contributed by atoms with Crippen LogP contribution in [0.1, 0.15) is 33.6 Å². The number of halogens is 1. The van der Waals surface area contributed by atoms with Gasteiger partial charge in [0.2, 0.25) is 5.91 Å². The van der Waals surface area contributed by atoms with Gasteiger partial charge in [-0.2, -0.15) is 0 Å². The Labute approximate surface area is 152 Å². The Bertz CT molecular complexity index is 685. The molecule has 1 amide bonds. The maximum absolute atomic E-state index is 12.1. The number of amides is 1. The van der Waals surface area contributed by atoms with Crippen molar-refractivity contribution in [2.45, 2.75) is 51.4 Å². The van der Waals surface area contributed by atoms with E-state index in [2.05, 4.69) is 29.4 Å². The van der Waals surface area contributed by atoms with E-state index in [1.807, 2.05) is 35.8 Å². The zero-order valence-electron chi connectivity index (χ0n) is 14.3. The number of nitrogens with one attached hydrogen (secondary N) is 1. The lowest BCUT2D eigenvalue weighted by Crippen LogP contribution is -2.35. The monoisotopic (exact) mass is 366 g/mol. The van der Waals surface area contributed by atoms with Crippen LogP contribution in [0.5, 0.6) is 0 Å². The Kier molecular flexibility index (Phi) is 7.12. The van der Waals surface area contributed by atoms with Gasteiger partial charge < -0.3 is 9.88 Å². The van der Waals surface area contributed by atoms with Crippen LogP contribution in [0.2, 0.25) is 5.02 Å². The number of carbonyl (C=O) groups is 1. The van der Waals surface area contributed by atoms with Crippen molar-refractivity contribution in [1.29, 1.82) is 0 Å². The molecule has 0 atom stereocenters. The van der Waals surface area contributed by atoms with Gasteiger partial charge in [-0.1, -0.05) is 49.3 Å². The van der Waals surface area contributed by atoms with Gasteiger partial charge >= 0.3 is 0 Å². The molecule has 24 heavy (non-hydrogen) atoms. The highest BCUT2D eigenvalue weighted by Gasteiger charge is 2.15. The highest BCUT2D eigenvalue weighted by atomic mass is 35.5. The second-order valence-electron chi connectivity index (χ2n) is 5.43. The fourth-order valence-electron chi connectivity index (χ4n) is 2.41. The molecule has 130 valence electrons. The number of benzene rings is 1. The number of hydrogen-bond acceptors (Lipinski definition) is 4. The van der Waals surface area contributed by atoms with Gasteiger partial charge in [0.1, 0.15) is 0 Å². The van der Waals surface area contributed by atoms with Crippen molar-refractivity contribution >= 4 is 29.3 Å². The molecule has 5 nitrogen and oxygen atoms in total. The number of hydrogen-bond donors (Lipinski definition) is 1. The second-order valence-corrected chi connectivity index (χ2v) is 6.81. The molecule has 0 fully saturated rings. The van der Waals surface area contributed by atoms with E-state index in [0.29, 0.717) is 10.8 Å². The van der Waals surface area contributed by atoms with Gasteiger partial charge in [-0.25, -0.2) is 0 Å². The average Bonchev–Trinajstić information content (AvgIpc) is 3.00. The molecule has 0 saturated heterocycles. The van der Waals surface area contributed by atoms with Gasteiger partial charge in [-0.15, -0.1) is 10.2 Å². The van der Waals surface area contributed by atoms with E-state index in [1.54, 1.807) is 0 Å². The summed E-state index contributed by atoms with van der Waals surface area (Å²) < 4.78 is 2.00. The second kappa shape index (κ2) is 9.08. The summed E-state index contributed by atoms with van der Waals surface area (Å²) in [7, 11) is 0. The van der Waals surface area contributed by atoms with Crippen molar-refractivity contribution in [2.24, 2.45) is 0 Å². The molecular weight excluding hydrogens is 344 g/mol. The minimum atomic E-state index is 0.0312. The zero-order valence-corrected chi connectivity index (χ0v) is 15.8. The van der Waals surface area contributed by atoms with E-state index >= 15 is 0 Å². The fourth-order valence-corrected chi connectivity index (χ4v) is 3.42. The summed E-state index contributed by atoms with van der Waals surface area (Å²) in [6.07, 6.45) is 1.88. The summed E-state index contributed by atoms with van der Waals surface area (Å²) in [6.45, 7) is 6.91. The van der Waals surface area contributed by atoms with Gasteiger partial charge in [0.05, 0.1) is 5.75 Å². The van der Waals surface area contributed by atoms with Crippen LogP contribution in [0, 0.1) is 0 Å². The van der Waals surface area contributed by atoms with E-state index < -0.39 is 0 Å². The summed E-state index contributed by atoms with van der Waals surface area (Å²) in [5, 5.41) is 13.0. The van der Waals surface area contributed by atoms with Gasteiger partial charge in [-0.05, 0) is 31.9 Å². The van der Waals surface area contributed by atoms with Crippen molar-refractivity contribution in [3.8, 4) is 11.4 Å². The maximum atomic E-state index is 12.1. The quantitative estimate of drug-likeness (QED) is 0.717. The zero-order chi connectivity index (χ0) is 17.5. The summed E-state index contributed by atoms with van der Waals surface area (Å²) in [5.74, 6) is 1.14. The smallest absolute Gasteiger partial charge is 0.230 e. The molecule has 0 aliphatic heterocycles. The van der Waals surface area contributed by atoms with Crippen molar-refractivity contribution in [1.82, 2.24) is 20.1 Å². The Hall–Kier alpha value is -1.53. The third-order valence-electron chi connectivity index (χ3n) is 3.80. The SMILES string of the molecule is CCC(CC)NC(=O)CSc1nnc(-c2cccc(Cl)c2)n1CC. The molecule has 1 aromatic heterocycles. The first kappa shape index (κ1) is 18.8. The molecule has 7 heteroatoms. The van der Waals surface area contributed by atoms with Crippen LogP contribution >= 0.6 is 23.4 Å². The first-order chi connectivity index (χ1) is 11.6. The molecule has 2 aromatic rings. The van der Waals surface area contributed by atoms with Gasteiger partial charge in [0.25, 0.3) is 0 Å². The molecule has 1 aromatic carbocycles. The Balaban J connectivity index is 2.08. The molecule has 0 aliphatic rings. The van der Waals surface area contributed by atoms with E-state index in [4.69, 9.17) is 11.6 Å². The van der Waals surface area contributed by atoms with Crippen molar-refractivity contribution in [3.63, 3.8) is 0 Å². The lowest BCUT2D eigenvalue weighted by atomic mass is 10.2. The average molecular weight is 367 g/mol. The molecule has 0 radical (unpaired) electrons. The van der Waals surface area contributed by atoms with Crippen LogP contribution in [0.25, 0.3) is 11.4 Å². The summed E-state index contributed by atoms with van der Waals surface area (Å²) >= 11 is 7.47. The highest BCUT2D eigenvalue weighted by Crippen LogP contribution is 2.25. The Morgan fingerprint density at radius 3 is 2.67 bits per heavy atom. The molecule has 0 unspecified atom stereocenters. The van der Waals surface area contributed by atoms with E-state index in [0.717, 1.165) is 35.9 Å². The lowest BCUT2D eigenvalue weighted by Gasteiger charge is -2.14. The van der Waals surface area contributed by atoms with Crippen molar-refractivity contribution < 1.29 is 4.79 Å². The minimum Gasteiger partial charge on any atom is -0.353 e. The largest absolute Gasteiger partial charge is 0.353 e. The summed E-state index contributed by atoms with van der Waals surface area (Å²) in [5.41, 5.74) is 0.921. The molecular formula is C17H23ClN4OS. The van der Waals surface area contributed by atoms with Crippen molar-refractivity contribution in [2.75, 3.05) is 5.75 Å². The van der Waals surface area contributed by atoms with Crippen LogP contribution in [0.15, 0.2) is 29.4 Å². The lowest BCUT2D eigenvalue weighted by molar-refractivity contribution is -0.119. The summed E-state index contributed by atoms with van der Waals surface area (Å²) in [6, 6.07) is 7.78. The predicted molar refractivity (Wildman–Crippen MR) is 99.4 cm³/mol. The van der Waals surface area contributed by atoms with Crippen molar-refractivity contribution in [3.05, 3.63) is 29.3 Å². The van der Waals surface area contributed by atoms with Gasteiger partial charge in [0, 0.05) is 23.2 Å². The fraction of sp³-hybridized carbons (Fsp3) is 0.471. The highest BCUT2D eigenvalue weighted by molar-refractivity contribution is 7.99. The third kappa shape index (κ3) is 4.74. The number of aromatic nitrogens is 3. The minimum absolute atomic E-state index is 0.0312.